The molecule has 7 nitrogen and oxygen atoms in total. The van der Waals surface area contributed by atoms with E-state index >= 15 is 0 Å². The molecule has 3 aromatic rings. The number of anilines is 3. The molecule has 0 unspecified atom stereocenters. The zero-order valence-corrected chi connectivity index (χ0v) is 15.9. The molecule has 0 aliphatic carbocycles. The van der Waals surface area contributed by atoms with Gasteiger partial charge in [-0.1, -0.05) is 53.0 Å². The summed E-state index contributed by atoms with van der Waals surface area (Å²) < 4.78 is 0. The average Bonchev–Trinajstić information content (AvgIpc) is 2.63. The number of nitrogens with one attached hydrogen (secondary N) is 2. The van der Waals surface area contributed by atoms with Gasteiger partial charge in [0.15, 0.2) is 0 Å². The lowest BCUT2D eigenvalue weighted by molar-refractivity contribution is -0.383. The van der Waals surface area contributed by atoms with Crippen LogP contribution in [0, 0.1) is 10.1 Å². The van der Waals surface area contributed by atoms with Gasteiger partial charge in [0.25, 0.3) is 0 Å². The maximum atomic E-state index is 11.6. The van der Waals surface area contributed by atoms with Gasteiger partial charge < -0.3 is 10.6 Å². The number of nitro groups is 1. The van der Waals surface area contributed by atoms with Gasteiger partial charge in [0, 0.05) is 16.6 Å². The van der Waals surface area contributed by atoms with Crippen molar-refractivity contribution < 1.29 is 4.92 Å². The normalized spacial score (nSPS) is 10.5. The van der Waals surface area contributed by atoms with Crippen molar-refractivity contribution in [1.82, 2.24) is 9.97 Å². The fourth-order valence-corrected chi connectivity index (χ4v) is 2.97. The highest BCUT2D eigenvalue weighted by atomic mass is 35.5. The lowest BCUT2D eigenvalue weighted by Gasteiger charge is -2.11. The molecule has 3 rings (SSSR count). The highest BCUT2D eigenvalue weighted by Gasteiger charge is 2.23. The molecule has 0 radical (unpaired) electrons. The van der Waals surface area contributed by atoms with Gasteiger partial charge in [0.1, 0.15) is 6.33 Å². The maximum Gasteiger partial charge on any atom is 0.353 e. The minimum Gasteiger partial charge on any atom is -0.360 e. The van der Waals surface area contributed by atoms with Crippen molar-refractivity contribution in [3.8, 4) is 0 Å². The van der Waals surface area contributed by atoms with E-state index in [0.29, 0.717) is 20.8 Å². The Kier molecular flexibility index (Phi) is 5.95. The molecule has 0 aliphatic rings. The fourth-order valence-electron chi connectivity index (χ4n) is 2.31. The first kappa shape index (κ1) is 19.2. The van der Waals surface area contributed by atoms with Crippen LogP contribution in [0.1, 0.15) is 5.56 Å². The molecule has 0 saturated heterocycles. The van der Waals surface area contributed by atoms with E-state index in [9.17, 15) is 10.1 Å². The Balaban J connectivity index is 1.90. The number of halogens is 3. The summed E-state index contributed by atoms with van der Waals surface area (Å²) in [6.45, 7) is 0.263. The quantitative estimate of drug-likeness (QED) is 0.389. The molecule has 1 heterocycles. The molecule has 1 aromatic heterocycles. The summed E-state index contributed by atoms with van der Waals surface area (Å²) in [4.78, 5) is 19.0. The van der Waals surface area contributed by atoms with Crippen molar-refractivity contribution in [1.29, 1.82) is 0 Å². The van der Waals surface area contributed by atoms with Gasteiger partial charge in [0.2, 0.25) is 11.6 Å². The highest BCUT2D eigenvalue weighted by molar-refractivity contribution is 6.36. The number of hydrogen-bond acceptors (Lipinski definition) is 6. The predicted molar refractivity (Wildman–Crippen MR) is 107 cm³/mol. The number of rotatable bonds is 6. The highest BCUT2D eigenvalue weighted by Crippen LogP contribution is 2.34. The van der Waals surface area contributed by atoms with Crippen LogP contribution in [-0.4, -0.2) is 14.9 Å². The van der Waals surface area contributed by atoms with Crippen LogP contribution < -0.4 is 10.6 Å². The summed E-state index contributed by atoms with van der Waals surface area (Å²) >= 11 is 18.1. The van der Waals surface area contributed by atoms with Crippen molar-refractivity contribution in [2.75, 3.05) is 10.6 Å². The van der Waals surface area contributed by atoms with Crippen LogP contribution in [0.15, 0.2) is 48.8 Å². The van der Waals surface area contributed by atoms with Gasteiger partial charge in [-0.05, 0) is 29.8 Å². The van der Waals surface area contributed by atoms with E-state index < -0.39 is 4.92 Å². The van der Waals surface area contributed by atoms with Gasteiger partial charge >= 0.3 is 5.69 Å². The predicted octanol–water partition coefficient (Wildman–Crippen LogP) is 5.70. The molecule has 2 N–H and O–H groups in total. The Hall–Kier alpha value is -2.61. The molecule has 0 bridgehead atoms. The molecule has 0 amide bonds. The van der Waals surface area contributed by atoms with Crippen LogP contribution in [0.5, 0.6) is 0 Å². The molecule has 0 fully saturated rings. The summed E-state index contributed by atoms with van der Waals surface area (Å²) in [5, 5.41) is 18.7. The molecular formula is C17H12Cl3N5O2. The second-order valence-corrected chi connectivity index (χ2v) is 6.62. The molecule has 138 valence electrons. The summed E-state index contributed by atoms with van der Waals surface area (Å²) in [5.41, 5.74) is 0.901. The SMILES string of the molecule is O=[N+]([O-])c1c(NCc2ccccc2Cl)ncnc1Nc1ccc(Cl)cc1Cl. The molecule has 0 saturated carbocycles. The van der Waals surface area contributed by atoms with Gasteiger partial charge in [-0.3, -0.25) is 10.1 Å². The number of benzene rings is 2. The first-order chi connectivity index (χ1) is 13.0. The van der Waals surface area contributed by atoms with Gasteiger partial charge in [0.05, 0.1) is 15.6 Å². The maximum absolute atomic E-state index is 11.6. The van der Waals surface area contributed by atoms with E-state index in [-0.39, 0.29) is 23.9 Å². The number of hydrogen-bond donors (Lipinski definition) is 2. The lowest BCUT2D eigenvalue weighted by Crippen LogP contribution is -2.08. The van der Waals surface area contributed by atoms with E-state index in [1.165, 1.54) is 12.4 Å². The Morgan fingerprint density at radius 3 is 2.44 bits per heavy atom. The van der Waals surface area contributed by atoms with Crippen LogP contribution in [0.25, 0.3) is 0 Å². The minimum absolute atomic E-state index is 0.000816. The molecule has 2 aromatic carbocycles. The Bertz CT molecular complexity index is 1000. The third-order valence-electron chi connectivity index (χ3n) is 3.59. The molecule has 10 heteroatoms. The van der Waals surface area contributed by atoms with Crippen LogP contribution in [0.4, 0.5) is 23.0 Å². The summed E-state index contributed by atoms with van der Waals surface area (Å²) in [6, 6.07) is 11.9. The van der Waals surface area contributed by atoms with Crippen molar-refractivity contribution in [2.45, 2.75) is 6.54 Å². The van der Waals surface area contributed by atoms with E-state index in [1.807, 2.05) is 12.1 Å². The number of nitrogens with zero attached hydrogens (tertiary/aromatic N) is 3. The summed E-state index contributed by atoms with van der Waals surface area (Å²) in [6.07, 6.45) is 1.22. The standard InChI is InChI=1S/C17H12Cl3N5O2/c18-11-5-6-14(13(20)7-11)24-17-15(25(26)27)16(22-9-23-17)21-8-10-3-1-2-4-12(10)19/h1-7,9H,8H2,(H2,21,22,23,24). The van der Waals surface area contributed by atoms with Gasteiger partial charge in [-0.15, -0.1) is 0 Å². The van der Waals surface area contributed by atoms with E-state index in [1.54, 1.807) is 24.3 Å². The largest absolute Gasteiger partial charge is 0.360 e. The third kappa shape index (κ3) is 4.57. The monoisotopic (exact) mass is 423 g/mol. The minimum atomic E-state index is -0.568. The Morgan fingerprint density at radius 1 is 1.00 bits per heavy atom. The topological polar surface area (TPSA) is 93.0 Å². The second-order valence-electron chi connectivity index (χ2n) is 5.37. The summed E-state index contributed by atoms with van der Waals surface area (Å²) in [7, 11) is 0. The molecule has 0 atom stereocenters. The van der Waals surface area contributed by atoms with E-state index in [4.69, 9.17) is 34.8 Å². The zero-order valence-electron chi connectivity index (χ0n) is 13.6. The average molecular weight is 425 g/mol. The molecule has 0 aliphatic heterocycles. The molecule has 0 spiro atoms. The van der Waals surface area contributed by atoms with Gasteiger partial charge in [-0.25, -0.2) is 9.97 Å². The van der Waals surface area contributed by atoms with Crippen molar-refractivity contribution in [3.63, 3.8) is 0 Å². The van der Waals surface area contributed by atoms with Crippen molar-refractivity contribution in [2.24, 2.45) is 0 Å². The number of aromatic nitrogens is 2. The Labute approximate surface area is 169 Å². The van der Waals surface area contributed by atoms with Gasteiger partial charge in [-0.2, -0.15) is 0 Å². The van der Waals surface area contributed by atoms with Crippen LogP contribution in [0.3, 0.4) is 0 Å². The molecule has 27 heavy (non-hydrogen) atoms. The van der Waals surface area contributed by atoms with E-state index in [0.717, 1.165) is 5.56 Å². The smallest absolute Gasteiger partial charge is 0.353 e. The van der Waals surface area contributed by atoms with Crippen molar-refractivity contribution in [3.05, 3.63) is 79.5 Å². The fraction of sp³-hybridized carbons (Fsp3) is 0.0588. The Morgan fingerprint density at radius 2 is 1.74 bits per heavy atom. The van der Waals surface area contributed by atoms with Crippen LogP contribution in [0.2, 0.25) is 15.1 Å². The summed E-state index contributed by atoms with van der Waals surface area (Å²) in [5.74, 6) is 0.0587. The van der Waals surface area contributed by atoms with Crippen LogP contribution >= 0.6 is 34.8 Å². The lowest BCUT2D eigenvalue weighted by atomic mass is 10.2. The first-order valence-corrected chi connectivity index (χ1v) is 8.78. The third-order valence-corrected chi connectivity index (χ3v) is 4.51. The van der Waals surface area contributed by atoms with E-state index in [2.05, 4.69) is 20.6 Å². The zero-order chi connectivity index (χ0) is 19.4. The van der Waals surface area contributed by atoms with Crippen LogP contribution in [-0.2, 0) is 6.54 Å². The first-order valence-electron chi connectivity index (χ1n) is 7.64. The van der Waals surface area contributed by atoms with Crippen molar-refractivity contribution >= 4 is 57.8 Å². The molecular weight excluding hydrogens is 413 g/mol. The second kappa shape index (κ2) is 8.39.